The molecule has 1 saturated heterocycles. The summed E-state index contributed by atoms with van der Waals surface area (Å²) in [6.07, 6.45) is 0.460. The van der Waals surface area contributed by atoms with E-state index in [1.165, 1.54) is 0 Å². The molecular weight excluding hydrogens is 304 g/mol. The number of hydrogen-bond donors (Lipinski definition) is 2. The van der Waals surface area contributed by atoms with Crippen LogP contribution in [0.1, 0.15) is 23.6 Å². The minimum atomic E-state index is -0.265. The van der Waals surface area contributed by atoms with Crippen molar-refractivity contribution < 1.29 is 14.7 Å². The van der Waals surface area contributed by atoms with Crippen LogP contribution >= 0.6 is 0 Å². The van der Waals surface area contributed by atoms with Crippen LogP contribution in [0.15, 0.2) is 54.6 Å². The first-order valence-electron chi connectivity index (χ1n) is 8.02. The molecule has 5 nitrogen and oxygen atoms in total. The molecule has 0 bridgehead atoms. The average Bonchev–Trinajstić information content (AvgIpc) is 2.77. The van der Waals surface area contributed by atoms with Crippen LogP contribution in [-0.4, -0.2) is 34.9 Å². The van der Waals surface area contributed by atoms with Gasteiger partial charge in [0.2, 0.25) is 11.8 Å². The maximum atomic E-state index is 12.8. The Labute approximate surface area is 140 Å². The topological polar surface area (TPSA) is 69.6 Å². The van der Waals surface area contributed by atoms with Crippen LogP contribution < -0.4 is 5.32 Å². The zero-order valence-corrected chi connectivity index (χ0v) is 13.3. The molecule has 1 heterocycles. The summed E-state index contributed by atoms with van der Waals surface area (Å²) >= 11 is 0. The lowest BCUT2D eigenvalue weighted by Gasteiger charge is -2.29. The van der Waals surface area contributed by atoms with Crippen LogP contribution in [0.3, 0.4) is 0 Å². The Balaban J connectivity index is 1.84. The molecule has 2 N–H and O–H groups in total. The van der Waals surface area contributed by atoms with E-state index in [0.717, 1.165) is 11.1 Å². The summed E-state index contributed by atoms with van der Waals surface area (Å²) in [7, 11) is 0. The van der Waals surface area contributed by atoms with Crippen LogP contribution in [0.25, 0.3) is 0 Å². The number of benzene rings is 2. The van der Waals surface area contributed by atoms with E-state index in [2.05, 4.69) is 5.32 Å². The number of nitrogens with one attached hydrogen (secondary N) is 1. The van der Waals surface area contributed by atoms with Crippen molar-refractivity contribution in [3.8, 4) is 5.75 Å². The van der Waals surface area contributed by atoms with Crippen molar-refractivity contribution in [2.75, 3.05) is 13.1 Å². The fourth-order valence-electron chi connectivity index (χ4n) is 3.04. The van der Waals surface area contributed by atoms with Gasteiger partial charge in [-0.1, -0.05) is 42.5 Å². The van der Waals surface area contributed by atoms with E-state index in [9.17, 15) is 14.7 Å². The van der Waals surface area contributed by atoms with Crippen molar-refractivity contribution in [2.45, 2.75) is 18.9 Å². The molecule has 3 rings (SSSR count). The maximum absolute atomic E-state index is 12.8. The van der Waals surface area contributed by atoms with Gasteiger partial charge in [-0.2, -0.15) is 0 Å². The summed E-state index contributed by atoms with van der Waals surface area (Å²) in [6.45, 7) is 0.927. The van der Waals surface area contributed by atoms with Gasteiger partial charge in [0.1, 0.15) is 5.75 Å². The Morgan fingerprint density at radius 3 is 2.71 bits per heavy atom. The van der Waals surface area contributed by atoms with Crippen molar-refractivity contribution >= 4 is 11.8 Å². The van der Waals surface area contributed by atoms with Gasteiger partial charge in [-0.3, -0.25) is 9.59 Å². The number of rotatable bonds is 3. The van der Waals surface area contributed by atoms with Gasteiger partial charge in [-0.05, 0) is 23.3 Å². The molecule has 2 aromatic rings. The second kappa shape index (κ2) is 7.17. The van der Waals surface area contributed by atoms with Gasteiger partial charge in [0, 0.05) is 13.1 Å². The Kier molecular flexibility index (Phi) is 4.79. The van der Waals surface area contributed by atoms with Gasteiger partial charge in [-0.25, -0.2) is 0 Å². The minimum absolute atomic E-state index is 0.0449. The molecule has 0 radical (unpaired) electrons. The Morgan fingerprint density at radius 1 is 1.17 bits per heavy atom. The Bertz CT molecular complexity index is 730. The molecule has 2 aromatic carbocycles. The zero-order chi connectivity index (χ0) is 16.9. The molecule has 0 aromatic heterocycles. The van der Waals surface area contributed by atoms with E-state index in [0.29, 0.717) is 13.1 Å². The van der Waals surface area contributed by atoms with E-state index >= 15 is 0 Å². The molecule has 1 atom stereocenters. The highest BCUT2D eigenvalue weighted by Crippen LogP contribution is 2.26. The second-order valence-corrected chi connectivity index (χ2v) is 5.91. The predicted molar refractivity (Wildman–Crippen MR) is 90.3 cm³/mol. The number of phenols is 1. The lowest BCUT2D eigenvalue weighted by molar-refractivity contribution is -0.133. The predicted octanol–water partition coefficient (Wildman–Crippen LogP) is 2.02. The summed E-state index contributed by atoms with van der Waals surface area (Å²) in [5.41, 5.74) is 1.72. The molecule has 24 heavy (non-hydrogen) atoms. The summed E-state index contributed by atoms with van der Waals surface area (Å²) in [5, 5.41) is 12.4. The third kappa shape index (κ3) is 3.74. The molecule has 124 valence electrons. The Hall–Kier alpha value is -2.82. The summed E-state index contributed by atoms with van der Waals surface area (Å²) in [6, 6.07) is 16.1. The van der Waals surface area contributed by atoms with Crippen molar-refractivity contribution in [3.05, 3.63) is 65.7 Å². The number of carbonyl (C=O) groups excluding carboxylic acids is 2. The quantitative estimate of drug-likeness (QED) is 0.907. The first kappa shape index (κ1) is 16.1. The van der Waals surface area contributed by atoms with Gasteiger partial charge in [0.05, 0.1) is 18.9 Å². The molecule has 1 aliphatic heterocycles. The lowest BCUT2D eigenvalue weighted by atomic mass is 10.0. The Morgan fingerprint density at radius 2 is 1.96 bits per heavy atom. The average molecular weight is 324 g/mol. The van der Waals surface area contributed by atoms with E-state index < -0.39 is 0 Å². The van der Waals surface area contributed by atoms with Gasteiger partial charge in [0.25, 0.3) is 0 Å². The first-order valence-corrected chi connectivity index (χ1v) is 8.02. The fourth-order valence-corrected chi connectivity index (χ4v) is 3.04. The van der Waals surface area contributed by atoms with Crippen LogP contribution in [0.5, 0.6) is 5.75 Å². The van der Waals surface area contributed by atoms with Crippen LogP contribution in [0.2, 0.25) is 0 Å². The molecule has 0 aliphatic carbocycles. The van der Waals surface area contributed by atoms with E-state index in [4.69, 9.17) is 0 Å². The molecular formula is C19H20N2O3. The summed E-state index contributed by atoms with van der Waals surface area (Å²) in [5.74, 6) is 0.0510. The molecule has 0 spiro atoms. The number of phenolic OH excluding ortho intramolecular Hbond substituents is 1. The summed E-state index contributed by atoms with van der Waals surface area (Å²) in [4.78, 5) is 26.5. The molecule has 1 fully saturated rings. The molecule has 0 saturated carbocycles. The number of carbonyl (C=O) groups is 2. The number of amides is 2. The van der Waals surface area contributed by atoms with E-state index in [1.807, 2.05) is 36.4 Å². The number of aromatic hydroxyl groups is 1. The largest absolute Gasteiger partial charge is 0.508 e. The normalized spacial score (nSPS) is 17.9. The fraction of sp³-hybridized carbons (Fsp3) is 0.263. The third-order valence-electron chi connectivity index (χ3n) is 4.20. The number of nitrogens with zero attached hydrogens (tertiary/aromatic N) is 1. The van der Waals surface area contributed by atoms with Crippen LogP contribution in [0.4, 0.5) is 0 Å². The second-order valence-electron chi connectivity index (χ2n) is 5.91. The van der Waals surface area contributed by atoms with Crippen molar-refractivity contribution in [3.63, 3.8) is 0 Å². The molecule has 2 amide bonds. The number of hydrogen-bond acceptors (Lipinski definition) is 3. The van der Waals surface area contributed by atoms with Crippen molar-refractivity contribution in [1.29, 1.82) is 0 Å². The van der Waals surface area contributed by atoms with Gasteiger partial charge in [0.15, 0.2) is 0 Å². The van der Waals surface area contributed by atoms with Gasteiger partial charge in [-0.15, -0.1) is 0 Å². The molecule has 5 heteroatoms. The molecule has 1 unspecified atom stereocenters. The first-order chi connectivity index (χ1) is 11.6. The van der Waals surface area contributed by atoms with Gasteiger partial charge >= 0.3 is 0 Å². The highest BCUT2D eigenvalue weighted by atomic mass is 16.3. The zero-order valence-electron chi connectivity index (χ0n) is 13.3. The lowest BCUT2D eigenvalue weighted by Crippen LogP contribution is -2.37. The smallest absolute Gasteiger partial charge is 0.227 e. The monoisotopic (exact) mass is 324 g/mol. The highest BCUT2D eigenvalue weighted by molar-refractivity contribution is 5.82. The minimum Gasteiger partial charge on any atom is -0.508 e. The highest BCUT2D eigenvalue weighted by Gasteiger charge is 2.29. The van der Waals surface area contributed by atoms with Crippen molar-refractivity contribution in [1.82, 2.24) is 10.2 Å². The SMILES string of the molecule is O=C1CC(c2ccccc2)N(C(=O)Cc2cccc(O)c2)CCN1. The van der Waals surface area contributed by atoms with Gasteiger partial charge < -0.3 is 15.3 Å². The third-order valence-corrected chi connectivity index (χ3v) is 4.20. The maximum Gasteiger partial charge on any atom is 0.227 e. The van der Waals surface area contributed by atoms with Crippen LogP contribution in [-0.2, 0) is 16.0 Å². The summed E-state index contributed by atoms with van der Waals surface area (Å²) < 4.78 is 0. The van der Waals surface area contributed by atoms with Crippen LogP contribution in [0, 0.1) is 0 Å². The molecule has 1 aliphatic rings. The standard InChI is InChI=1S/C19H20N2O3/c22-16-8-4-5-14(11-16)12-19(24)21-10-9-20-18(23)13-17(21)15-6-2-1-3-7-15/h1-8,11,17,22H,9-10,12-13H2,(H,20,23). The van der Waals surface area contributed by atoms with Crippen molar-refractivity contribution in [2.24, 2.45) is 0 Å². The van der Waals surface area contributed by atoms with E-state index in [1.54, 1.807) is 23.1 Å². The van der Waals surface area contributed by atoms with E-state index in [-0.39, 0.29) is 36.4 Å².